The van der Waals surface area contributed by atoms with Crippen molar-refractivity contribution < 1.29 is 0 Å². The Bertz CT molecular complexity index is 398. The molecule has 0 aliphatic carbocycles. The second-order valence-corrected chi connectivity index (χ2v) is 6.35. The van der Waals surface area contributed by atoms with Crippen LogP contribution in [0.4, 0.5) is 0 Å². The molecule has 0 bridgehead atoms. The quantitative estimate of drug-likeness (QED) is 0.852. The predicted octanol–water partition coefficient (Wildman–Crippen LogP) is 3.63. The van der Waals surface area contributed by atoms with Crippen LogP contribution in [-0.4, -0.2) is 30.6 Å². The lowest BCUT2D eigenvalue weighted by Crippen LogP contribution is -2.37. The van der Waals surface area contributed by atoms with E-state index >= 15 is 0 Å². The number of aryl methyl sites for hydroxylation is 1. The topological polar surface area (TPSA) is 15.3 Å². The summed E-state index contributed by atoms with van der Waals surface area (Å²) in [5.41, 5.74) is 2.85. The van der Waals surface area contributed by atoms with Crippen molar-refractivity contribution in [2.24, 2.45) is 5.92 Å². The van der Waals surface area contributed by atoms with Gasteiger partial charge in [-0.1, -0.05) is 45.0 Å². The maximum Gasteiger partial charge on any atom is 0.0449 e. The lowest BCUT2D eigenvalue weighted by atomic mass is 10.0. The first-order chi connectivity index (χ1) is 9.63. The van der Waals surface area contributed by atoms with Crippen molar-refractivity contribution >= 4 is 0 Å². The summed E-state index contributed by atoms with van der Waals surface area (Å²) in [6.45, 7) is 12.5. The van der Waals surface area contributed by atoms with Gasteiger partial charge < -0.3 is 5.32 Å². The molecule has 1 N–H and O–H groups in total. The minimum absolute atomic E-state index is 0.457. The number of hydrogen-bond acceptors (Lipinski definition) is 2. The fourth-order valence-corrected chi connectivity index (χ4v) is 3.40. The highest BCUT2D eigenvalue weighted by Crippen LogP contribution is 2.25. The molecule has 2 rings (SSSR count). The van der Waals surface area contributed by atoms with E-state index in [1.54, 1.807) is 0 Å². The average Bonchev–Trinajstić information content (AvgIpc) is 2.76. The monoisotopic (exact) mass is 274 g/mol. The van der Waals surface area contributed by atoms with Gasteiger partial charge in [0, 0.05) is 25.2 Å². The number of likely N-dealkylation sites (N-methyl/N-ethyl adjacent to an activating group) is 1. The smallest absolute Gasteiger partial charge is 0.0449 e. The second kappa shape index (κ2) is 7.24. The van der Waals surface area contributed by atoms with Crippen molar-refractivity contribution in [1.29, 1.82) is 0 Å². The largest absolute Gasteiger partial charge is 0.309 e. The van der Waals surface area contributed by atoms with Gasteiger partial charge in [0.2, 0.25) is 0 Å². The van der Waals surface area contributed by atoms with Crippen LogP contribution in [0.2, 0.25) is 0 Å². The van der Waals surface area contributed by atoms with E-state index in [-0.39, 0.29) is 0 Å². The summed E-state index contributed by atoms with van der Waals surface area (Å²) in [6, 6.07) is 10.3. The van der Waals surface area contributed by atoms with Crippen LogP contribution < -0.4 is 5.32 Å². The Hall–Kier alpha value is -0.860. The maximum absolute atomic E-state index is 3.66. The van der Waals surface area contributed by atoms with Gasteiger partial charge in [-0.05, 0) is 43.4 Å². The Morgan fingerprint density at radius 1 is 1.20 bits per heavy atom. The molecule has 1 aliphatic rings. The standard InChI is InChI=1S/C18H30N2/c1-5-16-7-9-17(10-8-16)18(19-6-2)13-20-12-14(3)11-15(20)4/h7-10,14-15,18-19H,5-6,11-13H2,1-4H3. The Kier molecular flexibility index (Phi) is 5.62. The molecule has 2 nitrogen and oxygen atoms in total. The molecular weight excluding hydrogens is 244 g/mol. The molecule has 1 aromatic carbocycles. The van der Waals surface area contributed by atoms with E-state index in [0.29, 0.717) is 6.04 Å². The van der Waals surface area contributed by atoms with E-state index < -0.39 is 0 Å². The summed E-state index contributed by atoms with van der Waals surface area (Å²) in [5.74, 6) is 0.842. The molecule has 1 heterocycles. The molecule has 1 fully saturated rings. The highest BCUT2D eigenvalue weighted by molar-refractivity contribution is 5.25. The minimum atomic E-state index is 0.457. The van der Waals surface area contributed by atoms with E-state index in [1.807, 2.05) is 0 Å². The lowest BCUT2D eigenvalue weighted by molar-refractivity contribution is 0.235. The van der Waals surface area contributed by atoms with Gasteiger partial charge in [-0.15, -0.1) is 0 Å². The molecular formula is C18H30N2. The SMILES string of the molecule is CCNC(CN1CC(C)CC1C)c1ccc(CC)cc1. The molecule has 0 amide bonds. The first-order valence-corrected chi connectivity index (χ1v) is 8.20. The molecule has 2 heteroatoms. The Labute approximate surface area is 124 Å². The van der Waals surface area contributed by atoms with Gasteiger partial charge in [-0.2, -0.15) is 0 Å². The van der Waals surface area contributed by atoms with Gasteiger partial charge in [0.15, 0.2) is 0 Å². The zero-order valence-electron chi connectivity index (χ0n) is 13.5. The Balaban J connectivity index is 2.05. The zero-order chi connectivity index (χ0) is 14.5. The highest BCUT2D eigenvalue weighted by atomic mass is 15.2. The van der Waals surface area contributed by atoms with E-state index in [0.717, 1.165) is 31.5 Å². The van der Waals surface area contributed by atoms with Gasteiger partial charge >= 0.3 is 0 Å². The molecule has 3 atom stereocenters. The first-order valence-electron chi connectivity index (χ1n) is 8.20. The number of hydrogen-bond donors (Lipinski definition) is 1. The molecule has 0 aromatic heterocycles. The average molecular weight is 274 g/mol. The Morgan fingerprint density at radius 3 is 2.40 bits per heavy atom. The summed E-state index contributed by atoms with van der Waals surface area (Å²) in [6.07, 6.45) is 2.46. The number of nitrogens with one attached hydrogen (secondary N) is 1. The summed E-state index contributed by atoms with van der Waals surface area (Å²) < 4.78 is 0. The fraction of sp³-hybridized carbons (Fsp3) is 0.667. The van der Waals surface area contributed by atoms with Crippen molar-refractivity contribution in [2.45, 2.75) is 52.6 Å². The number of likely N-dealkylation sites (tertiary alicyclic amines) is 1. The maximum atomic E-state index is 3.66. The van der Waals surface area contributed by atoms with E-state index in [1.165, 1.54) is 24.1 Å². The van der Waals surface area contributed by atoms with Gasteiger partial charge in [0.1, 0.15) is 0 Å². The molecule has 20 heavy (non-hydrogen) atoms. The number of rotatable bonds is 6. The van der Waals surface area contributed by atoms with Gasteiger partial charge in [-0.3, -0.25) is 4.90 Å². The van der Waals surface area contributed by atoms with Crippen LogP contribution in [0.15, 0.2) is 24.3 Å². The molecule has 3 unspecified atom stereocenters. The van der Waals surface area contributed by atoms with Crippen LogP contribution in [0, 0.1) is 5.92 Å². The molecule has 112 valence electrons. The van der Waals surface area contributed by atoms with Crippen LogP contribution in [0.1, 0.15) is 51.3 Å². The zero-order valence-corrected chi connectivity index (χ0v) is 13.5. The van der Waals surface area contributed by atoms with Crippen molar-refractivity contribution in [2.75, 3.05) is 19.6 Å². The van der Waals surface area contributed by atoms with Crippen LogP contribution >= 0.6 is 0 Å². The van der Waals surface area contributed by atoms with Crippen molar-refractivity contribution in [3.63, 3.8) is 0 Å². The highest BCUT2D eigenvalue weighted by Gasteiger charge is 2.28. The van der Waals surface area contributed by atoms with Gasteiger partial charge in [0.05, 0.1) is 0 Å². The normalized spacial score (nSPS) is 25.0. The van der Waals surface area contributed by atoms with Crippen LogP contribution in [0.3, 0.4) is 0 Å². The predicted molar refractivity (Wildman–Crippen MR) is 87.1 cm³/mol. The van der Waals surface area contributed by atoms with E-state index in [9.17, 15) is 0 Å². The van der Waals surface area contributed by atoms with E-state index in [4.69, 9.17) is 0 Å². The van der Waals surface area contributed by atoms with Crippen LogP contribution in [0.25, 0.3) is 0 Å². The third-order valence-electron chi connectivity index (χ3n) is 4.57. The van der Waals surface area contributed by atoms with Crippen molar-refractivity contribution in [3.8, 4) is 0 Å². The third kappa shape index (κ3) is 3.83. The fourth-order valence-electron chi connectivity index (χ4n) is 3.40. The summed E-state index contributed by atoms with van der Waals surface area (Å²) in [5, 5.41) is 3.66. The molecule has 0 radical (unpaired) electrons. The van der Waals surface area contributed by atoms with Crippen LogP contribution in [-0.2, 0) is 6.42 Å². The van der Waals surface area contributed by atoms with Crippen LogP contribution in [0.5, 0.6) is 0 Å². The third-order valence-corrected chi connectivity index (χ3v) is 4.57. The molecule has 1 saturated heterocycles. The van der Waals surface area contributed by atoms with Crippen molar-refractivity contribution in [1.82, 2.24) is 10.2 Å². The minimum Gasteiger partial charge on any atom is -0.309 e. The van der Waals surface area contributed by atoms with Crippen molar-refractivity contribution in [3.05, 3.63) is 35.4 Å². The number of benzene rings is 1. The summed E-state index contributed by atoms with van der Waals surface area (Å²) in [4.78, 5) is 2.64. The Morgan fingerprint density at radius 2 is 1.90 bits per heavy atom. The first kappa shape index (κ1) is 15.5. The molecule has 0 spiro atoms. The van der Waals surface area contributed by atoms with E-state index in [2.05, 4.69) is 62.2 Å². The van der Waals surface area contributed by atoms with Gasteiger partial charge in [0.25, 0.3) is 0 Å². The summed E-state index contributed by atoms with van der Waals surface area (Å²) in [7, 11) is 0. The van der Waals surface area contributed by atoms with Gasteiger partial charge in [-0.25, -0.2) is 0 Å². The molecule has 1 aliphatic heterocycles. The lowest BCUT2D eigenvalue weighted by Gasteiger charge is -2.28. The number of nitrogens with zero attached hydrogens (tertiary/aromatic N) is 1. The second-order valence-electron chi connectivity index (χ2n) is 6.35. The molecule has 1 aromatic rings. The summed E-state index contributed by atoms with van der Waals surface area (Å²) >= 11 is 0. The molecule has 0 saturated carbocycles.